The van der Waals surface area contributed by atoms with Crippen LogP contribution in [-0.2, 0) is 6.54 Å². The van der Waals surface area contributed by atoms with Crippen LogP contribution in [0, 0.1) is 11.7 Å². The Morgan fingerprint density at radius 2 is 2.30 bits per heavy atom. The van der Waals surface area contributed by atoms with Crippen molar-refractivity contribution in [2.24, 2.45) is 5.92 Å². The summed E-state index contributed by atoms with van der Waals surface area (Å²) in [4.78, 5) is 17.3. The number of benzene rings is 1. The summed E-state index contributed by atoms with van der Waals surface area (Å²) in [6.07, 6.45) is 2.30. The third kappa shape index (κ3) is 2.50. The third-order valence-electron chi connectivity index (χ3n) is 4.23. The number of piperidine rings is 1. The van der Waals surface area contributed by atoms with E-state index in [0.29, 0.717) is 23.5 Å². The number of rotatable bonds is 3. The molecule has 2 heterocycles. The highest BCUT2D eigenvalue weighted by atomic mass is 19.1. The van der Waals surface area contributed by atoms with Crippen molar-refractivity contribution < 1.29 is 4.39 Å². The van der Waals surface area contributed by atoms with Gasteiger partial charge in [-0.1, -0.05) is 6.92 Å². The molecule has 1 unspecified atom stereocenters. The van der Waals surface area contributed by atoms with Gasteiger partial charge in [-0.15, -0.1) is 0 Å². The Morgan fingerprint density at radius 1 is 1.45 bits per heavy atom. The molecule has 1 fully saturated rings. The second-order valence-corrected chi connectivity index (χ2v) is 5.60. The summed E-state index contributed by atoms with van der Waals surface area (Å²) in [5.41, 5.74) is 1.24. The van der Waals surface area contributed by atoms with E-state index in [0.717, 1.165) is 26.1 Å². The van der Waals surface area contributed by atoms with Gasteiger partial charge in [0.05, 0.1) is 11.0 Å². The van der Waals surface area contributed by atoms with E-state index in [-0.39, 0.29) is 11.5 Å². The lowest BCUT2D eigenvalue weighted by Gasteiger charge is -2.31. The Morgan fingerprint density at radius 3 is 3.10 bits per heavy atom. The SMILES string of the molecule is CCN1CCCC(Cn2c(=O)[nH]c3ccc(F)cc32)C1. The predicted molar refractivity (Wildman–Crippen MR) is 77.4 cm³/mol. The number of hydrogen-bond donors (Lipinski definition) is 1. The summed E-state index contributed by atoms with van der Waals surface area (Å²) < 4.78 is 15.1. The van der Waals surface area contributed by atoms with E-state index in [1.807, 2.05) is 0 Å². The largest absolute Gasteiger partial charge is 0.326 e. The molecule has 1 aromatic heterocycles. The van der Waals surface area contributed by atoms with Crippen molar-refractivity contribution >= 4 is 11.0 Å². The summed E-state index contributed by atoms with van der Waals surface area (Å²) in [5.74, 6) is 0.160. The van der Waals surface area contributed by atoms with Gasteiger partial charge in [0.15, 0.2) is 0 Å². The molecule has 4 nitrogen and oxygen atoms in total. The fourth-order valence-electron chi connectivity index (χ4n) is 3.15. The second-order valence-electron chi connectivity index (χ2n) is 5.60. The molecule has 108 valence electrons. The molecule has 1 atom stereocenters. The van der Waals surface area contributed by atoms with E-state index in [9.17, 15) is 9.18 Å². The minimum absolute atomic E-state index is 0.140. The number of imidazole rings is 1. The number of fused-ring (bicyclic) bond motifs is 1. The summed E-state index contributed by atoms with van der Waals surface area (Å²) in [5, 5.41) is 0. The Bertz CT molecular complexity index is 661. The normalized spacial score (nSPS) is 20.6. The zero-order valence-electron chi connectivity index (χ0n) is 11.7. The van der Waals surface area contributed by atoms with Gasteiger partial charge in [-0.3, -0.25) is 4.57 Å². The van der Waals surface area contributed by atoms with Crippen molar-refractivity contribution in [3.8, 4) is 0 Å². The van der Waals surface area contributed by atoms with E-state index in [1.54, 1.807) is 10.6 Å². The van der Waals surface area contributed by atoms with Crippen molar-refractivity contribution in [3.05, 3.63) is 34.5 Å². The van der Waals surface area contributed by atoms with Crippen molar-refractivity contribution in [1.82, 2.24) is 14.5 Å². The molecular formula is C15H20FN3O. The predicted octanol–water partition coefficient (Wildman–Crippen LogP) is 2.20. The fraction of sp³-hybridized carbons (Fsp3) is 0.533. The second kappa shape index (κ2) is 5.40. The summed E-state index contributed by atoms with van der Waals surface area (Å²) in [6.45, 7) is 6.04. The maximum atomic E-state index is 13.4. The lowest BCUT2D eigenvalue weighted by molar-refractivity contribution is 0.170. The summed E-state index contributed by atoms with van der Waals surface area (Å²) >= 11 is 0. The van der Waals surface area contributed by atoms with Crippen molar-refractivity contribution in [3.63, 3.8) is 0 Å². The van der Waals surface area contributed by atoms with Gasteiger partial charge in [-0.25, -0.2) is 9.18 Å². The molecule has 20 heavy (non-hydrogen) atoms. The van der Waals surface area contributed by atoms with Crippen LogP contribution in [0.5, 0.6) is 0 Å². The zero-order chi connectivity index (χ0) is 14.1. The van der Waals surface area contributed by atoms with Gasteiger partial charge in [0.1, 0.15) is 5.82 Å². The van der Waals surface area contributed by atoms with Crippen LogP contribution in [-0.4, -0.2) is 34.1 Å². The van der Waals surface area contributed by atoms with Crippen LogP contribution >= 0.6 is 0 Å². The van der Waals surface area contributed by atoms with E-state index < -0.39 is 0 Å². The Labute approximate surface area is 117 Å². The average molecular weight is 277 g/mol. The lowest BCUT2D eigenvalue weighted by atomic mass is 9.98. The van der Waals surface area contributed by atoms with E-state index in [4.69, 9.17) is 0 Å². The van der Waals surface area contributed by atoms with E-state index in [1.165, 1.54) is 18.6 Å². The molecule has 0 bridgehead atoms. The molecule has 0 radical (unpaired) electrons. The van der Waals surface area contributed by atoms with Crippen LogP contribution < -0.4 is 5.69 Å². The fourth-order valence-corrected chi connectivity index (χ4v) is 3.15. The maximum absolute atomic E-state index is 13.4. The molecule has 1 N–H and O–H groups in total. The molecule has 0 spiro atoms. The van der Waals surface area contributed by atoms with Crippen molar-refractivity contribution in [2.75, 3.05) is 19.6 Å². The Balaban J connectivity index is 1.88. The number of nitrogens with zero attached hydrogens (tertiary/aromatic N) is 2. The highest BCUT2D eigenvalue weighted by Crippen LogP contribution is 2.20. The highest BCUT2D eigenvalue weighted by molar-refractivity contribution is 5.75. The average Bonchev–Trinajstić information content (AvgIpc) is 2.75. The monoisotopic (exact) mass is 277 g/mol. The number of H-pyrrole nitrogens is 1. The van der Waals surface area contributed by atoms with Gasteiger partial charge < -0.3 is 9.88 Å². The number of likely N-dealkylation sites (tertiary alicyclic amines) is 1. The quantitative estimate of drug-likeness (QED) is 0.934. The molecule has 0 aliphatic carbocycles. The number of aromatic amines is 1. The highest BCUT2D eigenvalue weighted by Gasteiger charge is 2.20. The minimum atomic E-state index is -0.302. The van der Waals surface area contributed by atoms with Crippen LogP contribution in [0.4, 0.5) is 4.39 Å². The smallest absolute Gasteiger partial charge is 0.306 e. The van der Waals surface area contributed by atoms with Crippen LogP contribution in [0.1, 0.15) is 19.8 Å². The molecule has 1 saturated heterocycles. The molecule has 0 saturated carbocycles. The maximum Gasteiger partial charge on any atom is 0.326 e. The van der Waals surface area contributed by atoms with Gasteiger partial charge >= 0.3 is 5.69 Å². The molecule has 5 heteroatoms. The molecule has 2 aromatic rings. The van der Waals surface area contributed by atoms with Crippen LogP contribution in [0.15, 0.2) is 23.0 Å². The van der Waals surface area contributed by atoms with Gasteiger partial charge in [-0.2, -0.15) is 0 Å². The van der Waals surface area contributed by atoms with Crippen LogP contribution in [0.3, 0.4) is 0 Å². The molecule has 0 amide bonds. The first kappa shape index (κ1) is 13.4. The molecule has 3 rings (SSSR count). The summed E-state index contributed by atoms with van der Waals surface area (Å²) in [7, 11) is 0. The van der Waals surface area contributed by atoms with Crippen molar-refractivity contribution in [1.29, 1.82) is 0 Å². The van der Waals surface area contributed by atoms with Gasteiger partial charge in [0, 0.05) is 13.1 Å². The molecule has 1 aliphatic heterocycles. The van der Waals surface area contributed by atoms with Gasteiger partial charge in [-0.05, 0) is 50.0 Å². The van der Waals surface area contributed by atoms with Crippen LogP contribution in [0.2, 0.25) is 0 Å². The summed E-state index contributed by atoms with van der Waals surface area (Å²) in [6, 6.07) is 4.44. The van der Waals surface area contributed by atoms with Gasteiger partial charge in [0.2, 0.25) is 0 Å². The molecule has 1 aromatic carbocycles. The van der Waals surface area contributed by atoms with Crippen molar-refractivity contribution in [2.45, 2.75) is 26.3 Å². The standard InChI is InChI=1S/C15H20FN3O/c1-2-18-7-3-4-11(9-18)10-19-14-8-12(16)5-6-13(14)17-15(19)20/h5-6,8,11H,2-4,7,9-10H2,1H3,(H,17,20). The number of halogens is 1. The molecule has 1 aliphatic rings. The Hall–Kier alpha value is -1.62. The van der Waals surface area contributed by atoms with Crippen LogP contribution in [0.25, 0.3) is 11.0 Å². The van der Waals surface area contributed by atoms with E-state index >= 15 is 0 Å². The number of hydrogen-bond acceptors (Lipinski definition) is 2. The number of nitrogens with one attached hydrogen (secondary N) is 1. The molecular weight excluding hydrogens is 257 g/mol. The first-order chi connectivity index (χ1) is 9.67. The third-order valence-corrected chi connectivity index (χ3v) is 4.23. The minimum Gasteiger partial charge on any atom is -0.306 e. The number of aromatic nitrogens is 2. The first-order valence-electron chi connectivity index (χ1n) is 7.28. The van der Waals surface area contributed by atoms with Gasteiger partial charge in [0.25, 0.3) is 0 Å². The lowest BCUT2D eigenvalue weighted by Crippen LogP contribution is -2.37. The zero-order valence-corrected chi connectivity index (χ0v) is 11.7. The Kier molecular flexibility index (Phi) is 3.61. The first-order valence-corrected chi connectivity index (χ1v) is 7.28. The van der Waals surface area contributed by atoms with E-state index in [2.05, 4.69) is 16.8 Å². The topological polar surface area (TPSA) is 41.0 Å².